The van der Waals surface area contributed by atoms with Crippen LogP contribution in [0.2, 0.25) is 0 Å². The summed E-state index contributed by atoms with van der Waals surface area (Å²) >= 11 is 0. The van der Waals surface area contributed by atoms with Crippen LogP contribution in [-0.4, -0.2) is 9.97 Å². The number of hydrogen-bond acceptors (Lipinski definition) is 2. The molecular weight excluding hydrogens is 184 g/mol. The minimum atomic E-state index is 1.04. The van der Waals surface area contributed by atoms with Gasteiger partial charge in [0, 0.05) is 0 Å². The highest BCUT2D eigenvalue weighted by molar-refractivity contribution is 5.74. The third kappa shape index (κ3) is 1.60. The first-order chi connectivity index (χ1) is 7.43. The summed E-state index contributed by atoms with van der Waals surface area (Å²) in [6.45, 7) is 0. The summed E-state index contributed by atoms with van der Waals surface area (Å²) in [6.07, 6.45) is 6.05. The molecule has 2 heteroatoms. The molecule has 15 heavy (non-hydrogen) atoms. The number of aryl methyl sites for hydroxylation is 2. The quantitative estimate of drug-likeness (QED) is 0.608. The molecule has 0 saturated carbocycles. The molecule has 0 spiro atoms. The Morgan fingerprint density at radius 2 is 1.27 bits per heavy atom. The smallest absolute Gasteiger partial charge is 0.0890 e. The second-order valence-electron chi connectivity index (χ2n) is 4.17. The number of nitrogens with zero attached hydrogens (tertiary/aromatic N) is 2. The van der Waals surface area contributed by atoms with Crippen LogP contribution >= 0.6 is 0 Å². The van der Waals surface area contributed by atoms with Gasteiger partial charge in [-0.3, -0.25) is 0 Å². The van der Waals surface area contributed by atoms with Gasteiger partial charge in [0.25, 0.3) is 0 Å². The fraction of sp³-hybridized carbons (Fsp3) is 0.385. The maximum absolute atomic E-state index is 4.71. The Labute approximate surface area is 89.4 Å². The van der Waals surface area contributed by atoms with Crippen molar-refractivity contribution in [1.82, 2.24) is 9.97 Å². The highest BCUT2D eigenvalue weighted by Gasteiger charge is 2.11. The molecule has 3 rings (SSSR count). The van der Waals surface area contributed by atoms with Crippen molar-refractivity contribution < 1.29 is 0 Å². The van der Waals surface area contributed by atoms with E-state index in [0.29, 0.717) is 0 Å². The summed E-state index contributed by atoms with van der Waals surface area (Å²) in [6, 6.07) is 8.15. The summed E-state index contributed by atoms with van der Waals surface area (Å²) in [5, 5.41) is 0. The Kier molecular flexibility index (Phi) is 2.13. The standard InChI is InChI=1S/C13H14N2/c1-2-6-10-11(7-3-1)15-13-9-5-4-8-12(13)14-10/h4-5,8-9H,1-3,6-7H2. The second-order valence-corrected chi connectivity index (χ2v) is 4.17. The van der Waals surface area contributed by atoms with Crippen LogP contribution in [0.3, 0.4) is 0 Å². The highest BCUT2D eigenvalue weighted by Crippen LogP contribution is 2.20. The van der Waals surface area contributed by atoms with Crippen molar-refractivity contribution in [3.63, 3.8) is 0 Å². The Morgan fingerprint density at radius 3 is 1.80 bits per heavy atom. The van der Waals surface area contributed by atoms with Gasteiger partial charge in [-0.2, -0.15) is 0 Å². The SMILES string of the molecule is c1ccc2nc3c(nc2c1)CCCCC3. The van der Waals surface area contributed by atoms with Crippen LogP contribution in [0.4, 0.5) is 0 Å². The summed E-state index contributed by atoms with van der Waals surface area (Å²) in [7, 11) is 0. The topological polar surface area (TPSA) is 25.8 Å². The normalized spacial score (nSPS) is 16.0. The number of hydrogen-bond donors (Lipinski definition) is 0. The summed E-state index contributed by atoms with van der Waals surface area (Å²) in [4.78, 5) is 9.43. The van der Waals surface area contributed by atoms with E-state index in [1.807, 2.05) is 24.3 Å². The van der Waals surface area contributed by atoms with Crippen molar-refractivity contribution in [2.45, 2.75) is 32.1 Å². The fourth-order valence-corrected chi connectivity index (χ4v) is 2.24. The lowest BCUT2D eigenvalue weighted by Crippen LogP contribution is -1.99. The summed E-state index contributed by atoms with van der Waals surface area (Å²) in [5.74, 6) is 0. The average molecular weight is 198 g/mol. The van der Waals surface area contributed by atoms with Crippen molar-refractivity contribution in [2.75, 3.05) is 0 Å². The number of rotatable bonds is 0. The molecule has 0 fully saturated rings. The highest BCUT2D eigenvalue weighted by atomic mass is 14.8. The van der Waals surface area contributed by atoms with Gasteiger partial charge < -0.3 is 0 Å². The predicted molar refractivity (Wildman–Crippen MR) is 60.8 cm³/mol. The van der Waals surface area contributed by atoms with Gasteiger partial charge in [0.05, 0.1) is 22.4 Å². The van der Waals surface area contributed by atoms with E-state index in [1.165, 1.54) is 30.7 Å². The molecule has 2 aromatic rings. The first-order valence-electron chi connectivity index (χ1n) is 5.68. The molecule has 0 radical (unpaired) electrons. The van der Waals surface area contributed by atoms with Crippen LogP contribution in [0.15, 0.2) is 24.3 Å². The third-order valence-electron chi connectivity index (χ3n) is 3.05. The van der Waals surface area contributed by atoms with Crippen molar-refractivity contribution >= 4 is 11.0 Å². The van der Waals surface area contributed by atoms with Gasteiger partial charge in [-0.25, -0.2) is 9.97 Å². The van der Waals surface area contributed by atoms with Gasteiger partial charge in [-0.05, 0) is 37.8 Å². The fourth-order valence-electron chi connectivity index (χ4n) is 2.24. The van der Waals surface area contributed by atoms with E-state index in [2.05, 4.69) is 0 Å². The van der Waals surface area contributed by atoms with E-state index in [-0.39, 0.29) is 0 Å². The Morgan fingerprint density at radius 1 is 0.733 bits per heavy atom. The monoisotopic (exact) mass is 198 g/mol. The number of para-hydroxylation sites is 2. The predicted octanol–water partition coefficient (Wildman–Crippen LogP) is 2.90. The van der Waals surface area contributed by atoms with Gasteiger partial charge in [0.1, 0.15) is 0 Å². The summed E-state index contributed by atoms with van der Waals surface area (Å²) in [5.41, 5.74) is 4.54. The molecule has 1 aliphatic carbocycles. The zero-order chi connectivity index (χ0) is 10.1. The molecule has 0 bridgehead atoms. The van der Waals surface area contributed by atoms with E-state index < -0.39 is 0 Å². The van der Waals surface area contributed by atoms with E-state index in [9.17, 15) is 0 Å². The van der Waals surface area contributed by atoms with Crippen LogP contribution in [-0.2, 0) is 12.8 Å². The van der Waals surface area contributed by atoms with Crippen molar-refractivity contribution in [3.05, 3.63) is 35.7 Å². The van der Waals surface area contributed by atoms with Gasteiger partial charge in [0.15, 0.2) is 0 Å². The van der Waals surface area contributed by atoms with E-state index in [1.54, 1.807) is 0 Å². The number of aromatic nitrogens is 2. The van der Waals surface area contributed by atoms with Gasteiger partial charge in [-0.15, -0.1) is 0 Å². The minimum absolute atomic E-state index is 1.04. The molecule has 1 heterocycles. The molecule has 2 nitrogen and oxygen atoms in total. The lowest BCUT2D eigenvalue weighted by molar-refractivity contribution is 0.707. The van der Waals surface area contributed by atoms with Crippen LogP contribution in [0.1, 0.15) is 30.7 Å². The van der Waals surface area contributed by atoms with Crippen LogP contribution < -0.4 is 0 Å². The molecule has 0 saturated heterocycles. The third-order valence-corrected chi connectivity index (χ3v) is 3.05. The Balaban J connectivity index is 2.20. The van der Waals surface area contributed by atoms with Crippen molar-refractivity contribution in [2.24, 2.45) is 0 Å². The van der Waals surface area contributed by atoms with Crippen LogP contribution in [0.5, 0.6) is 0 Å². The molecule has 0 aliphatic heterocycles. The van der Waals surface area contributed by atoms with E-state index in [0.717, 1.165) is 23.9 Å². The first kappa shape index (κ1) is 8.84. The van der Waals surface area contributed by atoms with E-state index in [4.69, 9.17) is 9.97 Å². The maximum Gasteiger partial charge on any atom is 0.0890 e. The molecule has 76 valence electrons. The second kappa shape index (κ2) is 3.61. The molecule has 0 atom stereocenters. The molecular formula is C13H14N2. The summed E-state index contributed by atoms with van der Waals surface area (Å²) < 4.78 is 0. The minimum Gasteiger partial charge on any atom is -0.249 e. The Bertz CT molecular complexity index is 446. The van der Waals surface area contributed by atoms with Gasteiger partial charge in [0.2, 0.25) is 0 Å². The zero-order valence-electron chi connectivity index (χ0n) is 8.74. The lowest BCUT2D eigenvalue weighted by Gasteiger charge is -2.05. The lowest BCUT2D eigenvalue weighted by atomic mass is 10.2. The maximum atomic E-state index is 4.71. The van der Waals surface area contributed by atoms with Gasteiger partial charge in [-0.1, -0.05) is 18.6 Å². The van der Waals surface area contributed by atoms with Crippen molar-refractivity contribution in [3.8, 4) is 0 Å². The molecule has 0 unspecified atom stereocenters. The van der Waals surface area contributed by atoms with Crippen LogP contribution in [0.25, 0.3) is 11.0 Å². The number of fused-ring (bicyclic) bond motifs is 2. The average Bonchev–Trinajstić information content (AvgIpc) is 2.50. The van der Waals surface area contributed by atoms with E-state index >= 15 is 0 Å². The molecule has 1 aliphatic rings. The first-order valence-corrected chi connectivity index (χ1v) is 5.68. The zero-order valence-corrected chi connectivity index (χ0v) is 8.74. The molecule has 0 amide bonds. The molecule has 0 N–H and O–H groups in total. The molecule has 1 aromatic carbocycles. The molecule has 1 aromatic heterocycles. The Hall–Kier alpha value is -1.44. The van der Waals surface area contributed by atoms with Crippen molar-refractivity contribution in [1.29, 1.82) is 0 Å². The van der Waals surface area contributed by atoms with Crippen LogP contribution in [0, 0.1) is 0 Å². The largest absolute Gasteiger partial charge is 0.249 e. The van der Waals surface area contributed by atoms with Gasteiger partial charge >= 0.3 is 0 Å². The number of benzene rings is 1.